The number of Topliss-reactive ketones (excluding diaryl/α,β-unsaturated/α-hetero) is 1. The van der Waals surface area contributed by atoms with Gasteiger partial charge in [-0.3, -0.25) is 4.79 Å². The van der Waals surface area contributed by atoms with Gasteiger partial charge in [0, 0.05) is 39.6 Å². The molecule has 2 aliphatic rings. The van der Waals surface area contributed by atoms with E-state index in [2.05, 4.69) is 12.2 Å². The molecule has 34 heavy (non-hydrogen) atoms. The van der Waals surface area contributed by atoms with Crippen LogP contribution in [0.1, 0.15) is 56.2 Å². The predicted octanol–water partition coefficient (Wildman–Crippen LogP) is 6.42. The van der Waals surface area contributed by atoms with Gasteiger partial charge in [0.05, 0.1) is 0 Å². The van der Waals surface area contributed by atoms with Crippen molar-refractivity contribution in [2.75, 3.05) is 11.1 Å². The smallest absolute Gasteiger partial charge is 0.227 e. The summed E-state index contributed by atoms with van der Waals surface area (Å²) in [5, 5.41) is 9.62. The molecular formula is C26H27ClN4O2S. The number of allylic oxidation sites excluding steroid dienone is 2. The molecule has 0 radical (unpaired) electrons. The Morgan fingerprint density at radius 1 is 1.18 bits per heavy atom. The first-order chi connectivity index (χ1) is 16.7. The number of aromatic nitrogens is 3. The van der Waals surface area contributed by atoms with E-state index in [0.29, 0.717) is 29.7 Å². The number of thioether (sulfide) groups is 1. The fourth-order valence-electron chi connectivity index (χ4n) is 4.40. The molecule has 1 unspecified atom stereocenters. The molecular weight excluding hydrogens is 468 g/mol. The van der Waals surface area contributed by atoms with Gasteiger partial charge in [0.2, 0.25) is 11.1 Å². The van der Waals surface area contributed by atoms with E-state index in [0.717, 1.165) is 59.0 Å². The number of hydrogen-bond donors (Lipinski definition) is 1. The second-order valence-corrected chi connectivity index (χ2v) is 9.95. The van der Waals surface area contributed by atoms with E-state index >= 15 is 0 Å². The minimum Gasteiger partial charge on any atom is -0.488 e. The Bertz CT molecular complexity index is 1240. The Morgan fingerprint density at radius 3 is 2.85 bits per heavy atom. The molecule has 176 valence electrons. The van der Waals surface area contributed by atoms with Crippen LogP contribution in [0.4, 0.5) is 5.95 Å². The summed E-state index contributed by atoms with van der Waals surface area (Å²) in [7, 11) is 0. The van der Waals surface area contributed by atoms with E-state index in [1.165, 1.54) is 0 Å². The molecule has 1 aliphatic heterocycles. The van der Waals surface area contributed by atoms with E-state index in [1.54, 1.807) is 11.8 Å². The standard InChI is InChI=1S/C26H27ClN4O2S/c1-2-3-15-34-26-29-25-28-20-12-8-13-21(32)23(20)24(31(25)30-26)18-10-5-7-14-22(18)33-16-17-9-4-6-11-19(17)27/h4-7,9-11,14,24H,2-3,8,12-13,15-16H2,1H3,(H,28,29,30). The SMILES string of the molecule is CCCCSc1nc2n(n1)C(c1ccccc1OCc1ccccc1Cl)C1=C(CCCC1=O)N2. The third kappa shape index (κ3) is 4.59. The molecule has 1 aliphatic carbocycles. The van der Waals surface area contributed by atoms with Gasteiger partial charge in [0.25, 0.3) is 0 Å². The molecule has 8 heteroatoms. The second-order valence-electron chi connectivity index (χ2n) is 8.48. The summed E-state index contributed by atoms with van der Waals surface area (Å²) in [5.74, 6) is 2.51. The van der Waals surface area contributed by atoms with Gasteiger partial charge >= 0.3 is 0 Å². The number of hydrogen-bond acceptors (Lipinski definition) is 6. The number of carbonyl (C=O) groups excluding carboxylic acids is 1. The van der Waals surface area contributed by atoms with Crippen LogP contribution in [-0.4, -0.2) is 26.3 Å². The number of nitrogens with one attached hydrogen (secondary N) is 1. The molecule has 1 N–H and O–H groups in total. The van der Waals surface area contributed by atoms with Crippen molar-refractivity contribution in [1.29, 1.82) is 0 Å². The minimum absolute atomic E-state index is 0.154. The highest BCUT2D eigenvalue weighted by molar-refractivity contribution is 7.99. The summed E-state index contributed by atoms with van der Waals surface area (Å²) >= 11 is 8.00. The maximum absolute atomic E-state index is 13.2. The number of unbranched alkanes of at least 4 members (excludes halogenated alkanes) is 1. The van der Waals surface area contributed by atoms with Crippen LogP contribution >= 0.6 is 23.4 Å². The van der Waals surface area contributed by atoms with Crippen LogP contribution in [0.5, 0.6) is 5.75 Å². The highest BCUT2D eigenvalue weighted by Crippen LogP contribution is 2.43. The van der Waals surface area contributed by atoms with Crippen LogP contribution in [0.2, 0.25) is 5.02 Å². The lowest BCUT2D eigenvalue weighted by Gasteiger charge is -2.32. The lowest BCUT2D eigenvalue weighted by Crippen LogP contribution is -2.31. The Labute approximate surface area is 208 Å². The minimum atomic E-state index is -0.380. The Kier molecular flexibility index (Phi) is 6.92. The first-order valence-electron chi connectivity index (χ1n) is 11.7. The average Bonchev–Trinajstić information content (AvgIpc) is 3.25. The van der Waals surface area contributed by atoms with Crippen molar-refractivity contribution in [3.63, 3.8) is 0 Å². The quantitative estimate of drug-likeness (QED) is 0.287. The molecule has 1 aromatic heterocycles. The van der Waals surface area contributed by atoms with Crippen molar-refractivity contribution < 1.29 is 9.53 Å². The maximum Gasteiger partial charge on any atom is 0.227 e. The fourth-order valence-corrected chi connectivity index (χ4v) is 5.50. The van der Waals surface area contributed by atoms with E-state index < -0.39 is 0 Å². The highest BCUT2D eigenvalue weighted by Gasteiger charge is 2.38. The Hall–Kier alpha value is -2.77. The normalized spacial score (nSPS) is 17.2. The van der Waals surface area contributed by atoms with Crippen LogP contribution < -0.4 is 10.1 Å². The monoisotopic (exact) mass is 494 g/mol. The number of anilines is 1. The number of ketones is 1. The van der Waals surface area contributed by atoms with Crippen molar-refractivity contribution in [2.45, 2.75) is 56.8 Å². The number of fused-ring (bicyclic) bond motifs is 1. The number of nitrogens with zero attached hydrogens (tertiary/aromatic N) is 3. The van der Waals surface area contributed by atoms with Gasteiger partial charge in [-0.15, -0.1) is 5.10 Å². The Morgan fingerprint density at radius 2 is 2.00 bits per heavy atom. The molecule has 3 aromatic rings. The van der Waals surface area contributed by atoms with Crippen LogP contribution in [0.3, 0.4) is 0 Å². The number of carbonyl (C=O) groups is 1. The molecule has 2 heterocycles. The van der Waals surface area contributed by atoms with Crippen LogP contribution in [0.15, 0.2) is 65.0 Å². The average molecular weight is 495 g/mol. The van der Waals surface area contributed by atoms with Gasteiger partial charge in [0.15, 0.2) is 5.78 Å². The lowest BCUT2D eigenvalue weighted by atomic mass is 9.85. The summed E-state index contributed by atoms with van der Waals surface area (Å²) in [6.45, 7) is 2.51. The fraction of sp³-hybridized carbons (Fsp3) is 0.346. The Balaban J connectivity index is 1.53. The summed E-state index contributed by atoms with van der Waals surface area (Å²) in [6, 6.07) is 15.1. The van der Waals surface area contributed by atoms with E-state index in [4.69, 9.17) is 26.4 Å². The van der Waals surface area contributed by atoms with Crippen LogP contribution in [0, 0.1) is 0 Å². The van der Waals surface area contributed by atoms with Gasteiger partial charge in [-0.05, 0) is 31.4 Å². The molecule has 0 saturated heterocycles. The number of para-hydroxylation sites is 1. The van der Waals surface area contributed by atoms with Crippen molar-refractivity contribution in [3.8, 4) is 5.75 Å². The zero-order valence-electron chi connectivity index (χ0n) is 19.1. The molecule has 2 aromatic carbocycles. The second kappa shape index (κ2) is 10.2. The molecule has 1 atom stereocenters. The van der Waals surface area contributed by atoms with Gasteiger partial charge < -0.3 is 10.1 Å². The molecule has 0 saturated carbocycles. The maximum atomic E-state index is 13.2. The number of benzene rings is 2. The molecule has 0 bridgehead atoms. The van der Waals surface area contributed by atoms with E-state index in [9.17, 15) is 4.79 Å². The largest absolute Gasteiger partial charge is 0.488 e. The van der Waals surface area contributed by atoms with Crippen LogP contribution in [0.25, 0.3) is 0 Å². The summed E-state index contributed by atoms with van der Waals surface area (Å²) in [6.07, 6.45) is 4.45. The number of halogens is 1. The van der Waals surface area contributed by atoms with Gasteiger partial charge in [-0.25, -0.2) is 4.68 Å². The van der Waals surface area contributed by atoms with Crippen molar-refractivity contribution in [2.24, 2.45) is 0 Å². The van der Waals surface area contributed by atoms with Crippen molar-refractivity contribution in [1.82, 2.24) is 14.8 Å². The summed E-state index contributed by atoms with van der Waals surface area (Å²) in [5.41, 5.74) is 3.53. The van der Waals surface area contributed by atoms with Crippen LogP contribution in [-0.2, 0) is 11.4 Å². The van der Waals surface area contributed by atoms with Gasteiger partial charge in [0.1, 0.15) is 18.4 Å². The third-order valence-electron chi connectivity index (χ3n) is 6.13. The zero-order valence-corrected chi connectivity index (χ0v) is 20.7. The molecule has 0 spiro atoms. The highest BCUT2D eigenvalue weighted by atomic mass is 35.5. The third-order valence-corrected chi connectivity index (χ3v) is 7.42. The summed E-state index contributed by atoms with van der Waals surface area (Å²) in [4.78, 5) is 17.9. The van der Waals surface area contributed by atoms with E-state index in [-0.39, 0.29) is 11.8 Å². The molecule has 0 amide bonds. The number of rotatable bonds is 8. The topological polar surface area (TPSA) is 69.0 Å². The molecule has 6 nitrogen and oxygen atoms in total. The predicted molar refractivity (Wildman–Crippen MR) is 136 cm³/mol. The number of ether oxygens (including phenoxy) is 1. The van der Waals surface area contributed by atoms with Crippen molar-refractivity contribution in [3.05, 3.63) is 76.0 Å². The summed E-state index contributed by atoms with van der Waals surface area (Å²) < 4.78 is 8.12. The molecule has 5 rings (SSSR count). The lowest BCUT2D eigenvalue weighted by molar-refractivity contribution is -0.116. The van der Waals surface area contributed by atoms with E-state index in [1.807, 2.05) is 53.2 Å². The molecule has 0 fully saturated rings. The zero-order chi connectivity index (χ0) is 23.5. The first-order valence-corrected chi connectivity index (χ1v) is 13.1. The van der Waals surface area contributed by atoms with Crippen molar-refractivity contribution >= 4 is 35.1 Å². The van der Waals surface area contributed by atoms with Gasteiger partial charge in [-0.1, -0.05) is 73.1 Å². The first kappa shape index (κ1) is 23.0. The van der Waals surface area contributed by atoms with Gasteiger partial charge in [-0.2, -0.15) is 4.98 Å².